The van der Waals surface area contributed by atoms with E-state index in [0.717, 1.165) is 12.8 Å². The van der Waals surface area contributed by atoms with Crippen LogP contribution in [0.1, 0.15) is 39.0 Å². The highest BCUT2D eigenvalue weighted by Crippen LogP contribution is 2.21. The minimum absolute atomic E-state index is 0.119. The normalized spacial score (nSPS) is 17.8. The number of hydrogen-bond acceptors (Lipinski definition) is 3. The Morgan fingerprint density at radius 2 is 2.00 bits per heavy atom. The summed E-state index contributed by atoms with van der Waals surface area (Å²) in [6, 6.07) is 0. The van der Waals surface area contributed by atoms with Crippen LogP contribution < -0.4 is 0 Å². The minimum Gasteiger partial charge on any atom is -0.459 e. The van der Waals surface area contributed by atoms with Gasteiger partial charge >= 0.3 is 5.97 Å². The minimum atomic E-state index is -0.209. The Balaban J connectivity index is 2.27. The summed E-state index contributed by atoms with van der Waals surface area (Å²) in [5.74, 6) is -0.209. The van der Waals surface area contributed by atoms with Crippen molar-refractivity contribution in [3.05, 3.63) is 24.3 Å². The summed E-state index contributed by atoms with van der Waals surface area (Å²) < 4.78 is 10.6. The number of hydrogen-bond donors (Lipinski definition) is 0. The van der Waals surface area contributed by atoms with Gasteiger partial charge in [0, 0.05) is 5.57 Å². The molecule has 0 atom stereocenters. The predicted molar refractivity (Wildman–Crippen MR) is 67.7 cm³/mol. The van der Waals surface area contributed by atoms with Crippen molar-refractivity contribution in [2.45, 2.75) is 45.1 Å². The van der Waals surface area contributed by atoms with Crippen molar-refractivity contribution in [1.29, 1.82) is 0 Å². The lowest BCUT2D eigenvalue weighted by Crippen LogP contribution is -2.21. The van der Waals surface area contributed by atoms with E-state index in [2.05, 4.69) is 6.58 Å². The molecule has 3 nitrogen and oxygen atoms in total. The predicted octanol–water partition coefficient (Wildman–Crippen LogP) is 3.01. The summed E-state index contributed by atoms with van der Waals surface area (Å²) in [5, 5.41) is 0. The highest BCUT2D eigenvalue weighted by atomic mass is 16.5. The largest absolute Gasteiger partial charge is 0.459 e. The van der Waals surface area contributed by atoms with Crippen molar-refractivity contribution in [2.75, 3.05) is 13.2 Å². The quantitative estimate of drug-likeness (QED) is 0.309. The number of ether oxygens (including phenoxy) is 2. The second kappa shape index (κ2) is 8.07. The molecule has 0 heterocycles. The zero-order valence-corrected chi connectivity index (χ0v) is 10.6. The summed E-state index contributed by atoms with van der Waals surface area (Å²) in [6.07, 6.45) is 9.18. The lowest BCUT2D eigenvalue weighted by Gasteiger charge is -2.21. The molecule has 0 aliphatic heterocycles. The zero-order valence-electron chi connectivity index (χ0n) is 10.6. The number of carbonyl (C=O) groups excluding carboxylic acids is 1. The van der Waals surface area contributed by atoms with Gasteiger partial charge in [-0.1, -0.05) is 12.5 Å². The van der Waals surface area contributed by atoms with E-state index < -0.39 is 0 Å². The Hall–Kier alpha value is -1.09. The van der Waals surface area contributed by atoms with Crippen LogP contribution in [-0.2, 0) is 14.3 Å². The molecule has 17 heavy (non-hydrogen) atoms. The standard InChI is InChI=1S/C14H22O3/c1-3-10-16-11-9-12(2)14(15)17-13-7-5-4-6-8-13/h3,9,13H,1,4-8,10-11H2,2H3/b12-9+. The highest BCUT2D eigenvalue weighted by Gasteiger charge is 2.18. The molecule has 0 radical (unpaired) electrons. The first-order valence-electron chi connectivity index (χ1n) is 6.30. The summed E-state index contributed by atoms with van der Waals surface area (Å²) in [6.45, 7) is 6.25. The zero-order chi connectivity index (χ0) is 12.5. The van der Waals surface area contributed by atoms with Crippen molar-refractivity contribution in [3.63, 3.8) is 0 Å². The maximum atomic E-state index is 11.7. The number of esters is 1. The molecule has 96 valence electrons. The Bertz CT molecular complexity index is 275. The maximum absolute atomic E-state index is 11.7. The second-order valence-corrected chi connectivity index (χ2v) is 4.38. The molecule has 0 aromatic rings. The monoisotopic (exact) mass is 238 g/mol. The van der Waals surface area contributed by atoms with Crippen molar-refractivity contribution in [1.82, 2.24) is 0 Å². The van der Waals surface area contributed by atoms with Crippen LogP contribution in [-0.4, -0.2) is 25.3 Å². The fourth-order valence-corrected chi connectivity index (χ4v) is 1.85. The van der Waals surface area contributed by atoms with Gasteiger partial charge in [-0.05, 0) is 38.7 Å². The average molecular weight is 238 g/mol. The molecule has 0 aromatic carbocycles. The van der Waals surface area contributed by atoms with Crippen molar-refractivity contribution in [2.24, 2.45) is 0 Å². The number of rotatable bonds is 6. The van der Waals surface area contributed by atoms with Gasteiger partial charge in [0.1, 0.15) is 6.10 Å². The van der Waals surface area contributed by atoms with E-state index in [1.807, 2.05) is 0 Å². The van der Waals surface area contributed by atoms with E-state index in [4.69, 9.17) is 9.47 Å². The molecular weight excluding hydrogens is 216 g/mol. The van der Waals surface area contributed by atoms with Crippen LogP contribution in [0.4, 0.5) is 0 Å². The van der Waals surface area contributed by atoms with E-state index in [0.29, 0.717) is 18.8 Å². The van der Waals surface area contributed by atoms with Gasteiger partial charge < -0.3 is 9.47 Å². The van der Waals surface area contributed by atoms with Gasteiger partial charge in [-0.2, -0.15) is 0 Å². The molecule has 1 saturated carbocycles. The highest BCUT2D eigenvalue weighted by molar-refractivity contribution is 5.87. The van der Waals surface area contributed by atoms with E-state index in [1.54, 1.807) is 19.1 Å². The van der Waals surface area contributed by atoms with Crippen molar-refractivity contribution >= 4 is 5.97 Å². The van der Waals surface area contributed by atoms with E-state index >= 15 is 0 Å². The Morgan fingerprint density at radius 1 is 1.29 bits per heavy atom. The summed E-state index contributed by atoms with van der Waals surface area (Å²) in [4.78, 5) is 11.7. The van der Waals surface area contributed by atoms with Crippen molar-refractivity contribution in [3.8, 4) is 0 Å². The van der Waals surface area contributed by atoms with Crippen LogP contribution in [0, 0.1) is 0 Å². The van der Waals surface area contributed by atoms with Gasteiger partial charge in [-0.3, -0.25) is 0 Å². The third kappa shape index (κ3) is 5.68. The van der Waals surface area contributed by atoms with Gasteiger partial charge in [0.25, 0.3) is 0 Å². The lowest BCUT2D eigenvalue weighted by atomic mass is 9.98. The van der Waals surface area contributed by atoms with Gasteiger partial charge in [-0.15, -0.1) is 6.58 Å². The van der Waals surface area contributed by atoms with Gasteiger partial charge in [0.05, 0.1) is 13.2 Å². The Morgan fingerprint density at radius 3 is 2.65 bits per heavy atom. The van der Waals surface area contributed by atoms with Crippen LogP contribution in [0.25, 0.3) is 0 Å². The van der Waals surface area contributed by atoms with E-state index in [9.17, 15) is 4.79 Å². The topological polar surface area (TPSA) is 35.5 Å². The first kappa shape index (κ1) is 14.0. The van der Waals surface area contributed by atoms with Crippen LogP contribution in [0.15, 0.2) is 24.3 Å². The molecule has 1 aliphatic rings. The molecule has 0 bridgehead atoms. The third-order valence-electron chi connectivity index (χ3n) is 2.89. The van der Waals surface area contributed by atoms with Crippen LogP contribution >= 0.6 is 0 Å². The molecule has 1 rings (SSSR count). The van der Waals surface area contributed by atoms with Gasteiger partial charge in [0.2, 0.25) is 0 Å². The fraction of sp³-hybridized carbons (Fsp3) is 0.643. The smallest absolute Gasteiger partial charge is 0.333 e. The first-order valence-corrected chi connectivity index (χ1v) is 6.30. The summed E-state index contributed by atoms with van der Waals surface area (Å²) in [5.41, 5.74) is 0.625. The molecule has 0 saturated heterocycles. The van der Waals surface area contributed by atoms with Crippen LogP contribution in [0.5, 0.6) is 0 Å². The molecule has 1 aliphatic carbocycles. The van der Waals surface area contributed by atoms with E-state index in [-0.39, 0.29) is 12.1 Å². The second-order valence-electron chi connectivity index (χ2n) is 4.38. The molecule has 0 amide bonds. The van der Waals surface area contributed by atoms with Gasteiger partial charge in [-0.25, -0.2) is 4.79 Å². The fourth-order valence-electron chi connectivity index (χ4n) is 1.85. The SMILES string of the molecule is C=CCOC/C=C(\C)C(=O)OC1CCCCC1. The molecule has 0 aromatic heterocycles. The molecule has 3 heteroatoms. The molecule has 0 spiro atoms. The maximum Gasteiger partial charge on any atom is 0.333 e. The molecule has 0 unspecified atom stereocenters. The Kier molecular flexibility index (Phi) is 6.63. The van der Waals surface area contributed by atoms with Gasteiger partial charge in [0.15, 0.2) is 0 Å². The lowest BCUT2D eigenvalue weighted by molar-refractivity contribution is -0.145. The van der Waals surface area contributed by atoms with Crippen LogP contribution in [0.2, 0.25) is 0 Å². The number of carbonyl (C=O) groups is 1. The van der Waals surface area contributed by atoms with Crippen LogP contribution in [0.3, 0.4) is 0 Å². The van der Waals surface area contributed by atoms with Crippen molar-refractivity contribution < 1.29 is 14.3 Å². The average Bonchev–Trinajstić information content (AvgIpc) is 2.35. The third-order valence-corrected chi connectivity index (χ3v) is 2.89. The summed E-state index contributed by atoms with van der Waals surface area (Å²) >= 11 is 0. The summed E-state index contributed by atoms with van der Waals surface area (Å²) in [7, 11) is 0. The first-order chi connectivity index (χ1) is 8.24. The van der Waals surface area contributed by atoms with E-state index in [1.165, 1.54) is 19.3 Å². The Labute approximate surface area is 103 Å². The molecule has 1 fully saturated rings. The molecule has 0 N–H and O–H groups in total. The molecular formula is C14H22O3.